The van der Waals surface area contributed by atoms with Gasteiger partial charge in [0.15, 0.2) is 6.10 Å². The number of halogens is 2. The molecule has 0 radical (unpaired) electrons. The van der Waals surface area contributed by atoms with E-state index in [0.717, 1.165) is 5.56 Å². The van der Waals surface area contributed by atoms with Crippen molar-refractivity contribution in [3.63, 3.8) is 0 Å². The Bertz CT molecular complexity index is 1150. The minimum absolute atomic E-state index is 0.0241. The molecule has 7 heteroatoms. The van der Waals surface area contributed by atoms with E-state index in [1.54, 1.807) is 31.4 Å². The Morgan fingerprint density at radius 1 is 1.03 bits per heavy atom. The topological polar surface area (TPSA) is 51.1 Å². The number of nitrogens with zero attached hydrogens (tertiary/aromatic N) is 2. The standard InChI is InChI=1S/C25H22F2N2O3/c1-31-24-13-7-4-10-20(24)23-14-18(32-28-23)16-29(15-17-8-2-5-11-21(17)26)25(30)19-9-3-6-12-22(19)27/h2-13,18H,14-16H2,1H3. The lowest BCUT2D eigenvalue weighted by atomic mass is 10.0. The van der Waals surface area contributed by atoms with Gasteiger partial charge < -0.3 is 14.5 Å². The summed E-state index contributed by atoms with van der Waals surface area (Å²) < 4.78 is 34.0. The van der Waals surface area contributed by atoms with E-state index in [2.05, 4.69) is 5.16 Å². The number of ether oxygens (including phenoxy) is 1. The average Bonchev–Trinajstić information content (AvgIpc) is 3.28. The number of carbonyl (C=O) groups excluding carboxylic acids is 1. The summed E-state index contributed by atoms with van der Waals surface area (Å²) in [4.78, 5) is 20.1. The zero-order valence-electron chi connectivity index (χ0n) is 17.5. The van der Waals surface area contributed by atoms with Gasteiger partial charge in [-0.25, -0.2) is 8.78 Å². The molecule has 0 bridgehead atoms. The Hall–Kier alpha value is -3.74. The summed E-state index contributed by atoms with van der Waals surface area (Å²) in [7, 11) is 1.58. The number of carbonyl (C=O) groups is 1. The van der Waals surface area contributed by atoms with Gasteiger partial charge >= 0.3 is 0 Å². The van der Waals surface area contributed by atoms with Gasteiger partial charge in [0.25, 0.3) is 5.91 Å². The lowest BCUT2D eigenvalue weighted by Crippen LogP contribution is -2.38. The molecule has 32 heavy (non-hydrogen) atoms. The van der Waals surface area contributed by atoms with Gasteiger partial charge in [0, 0.05) is 24.1 Å². The van der Waals surface area contributed by atoms with Crippen molar-refractivity contribution in [2.24, 2.45) is 5.16 Å². The Morgan fingerprint density at radius 2 is 1.72 bits per heavy atom. The van der Waals surface area contributed by atoms with Gasteiger partial charge in [0.1, 0.15) is 17.4 Å². The third kappa shape index (κ3) is 4.61. The molecule has 1 aliphatic heterocycles. The van der Waals surface area contributed by atoms with Crippen molar-refractivity contribution in [2.75, 3.05) is 13.7 Å². The molecule has 3 aromatic rings. The molecule has 0 N–H and O–H groups in total. The molecule has 0 spiro atoms. The van der Waals surface area contributed by atoms with Crippen LogP contribution in [0.25, 0.3) is 0 Å². The van der Waals surface area contributed by atoms with E-state index in [1.807, 2.05) is 24.3 Å². The largest absolute Gasteiger partial charge is 0.496 e. The molecule has 3 aromatic carbocycles. The van der Waals surface area contributed by atoms with Crippen LogP contribution in [0, 0.1) is 11.6 Å². The lowest BCUT2D eigenvalue weighted by molar-refractivity contribution is 0.0400. The zero-order chi connectivity index (χ0) is 22.5. The molecule has 1 heterocycles. The fraction of sp³-hybridized carbons (Fsp3) is 0.200. The second-order valence-corrected chi connectivity index (χ2v) is 7.43. The Kier molecular flexibility index (Phi) is 6.44. The van der Waals surface area contributed by atoms with E-state index in [4.69, 9.17) is 9.57 Å². The molecule has 1 aliphatic rings. The molecule has 5 nitrogen and oxygen atoms in total. The van der Waals surface area contributed by atoms with Crippen molar-refractivity contribution >= 4 is 11.6 Å². The summed E-state index contributed by atoms with van der Waals surface area (Å²) in [5, 5.41) is 4.17. The molecular formula is C25H22F2N2O3. The first kappa shape index (κ1) is 21.5. The van der Waals surface area contributed by atoms with E-state index < -0.39 is 23.6 Å². The highest BCUT2D eigenvalue weighted by Crippen LogP contribution is 2.26. The molecule has 1 amide bonds. The van der Waals surface area contributed by atoms with Crippen LogP contribution in [0.3, 0.4) is 0 Å². The Morgan fingerprint density at radius 3 is 2.47 bits per heavy atom. The summed E-state index contributed by atoms with van der Waals surface area (Å²) in [6, 6.07) is 19.4. The normalized spacial score (nSPS) is 15.1. The van der Waals surface area contributed by atoms with Crippen LogP contribution in [-0.2, 0) is 11.4 Å². The first-order valence-corrected chi connectivity index (χ1v) is 10.2. The van der Waals surface area contributed by atoms with Gasteiger partial charge in [-0.2, -0.15) is 0 Å². The van der Waals surface area contributed by atoms with Crippen LogP contribution in [-0.4, -0.2) is 36.3 Å². The van der Waals surface area contributed by atoms with E-state index in [0.29, 0.717) is 23.4 Å². The van der Waals surface area contributed by atoms with Crippen molar-refractivity contribution in [3.05, 3.63) is 101 Å². The SMILES string of the molecule is COc1ccccc1C1=NOC(CN(Cc2ccccc2F)C(=O)c2ccccc2F)C1. The minimum Gasteiger partial charge on any atom is -0.496 e. The molecule has 0 aliphatic carbocycles. The quantitative estimate of drug-likeness (QED) is 0.534. The summed E-state index contributed by atoms with van der Waals surface area (Å²) in [5.74, 6) is -0.937. The first-order valence-electron chi connectivity index (χ1n) is 10.2. The van der Waals surface area contributed by atoms with Crippen molar-refractivity contribution in [1.82, 2.24) is 4.90 Å². The number of para-hydroxylation sites is 1. The molecular weight excluding hydrogens is 414 g/mol. The smallest absolute Gasteiger partial charge is 0.257 e. The molecule has 1 atom stereocenters. The van der Waals surface area contributed by atoms with E-state index in [1.165, 1.54) is 29.2 Å². The molecule has 0 aromatic heterocycles. The van der Waals surface area contributed by atoms with Crippen LogP contribution in [0.5, 0.6) is 5.75 Å². The molecule has 0 saturated carbocycles. The molecule has 0 fully saturated rings. The fourth-order valence-corrected chi connectivity index (χ4v) is 3.67. The van der Waals surface area contributed by atoms with Crippen LogP contribution >= 0.6 is 0 Å². The third-order valence-electron chi connectivity index (χ3n) is 5.29. The minimum atomic E-state index is -0.630. The second kappa shape index (κ2) is 9.60. The highest BCUT2D eigenvalue weighted by molar-refractivity contribution is 6.03. The molecule has 0 saturated heterocycles. The average molecular weight is 436 g/mol. The summed E-state index contributed by atoms with van der Waals surface area (Å²) in [6.45, 7) is 0.0906. The highest BCUT2D eigenvalue weighted by Gasteiger charge is 2.29. The van der Waals surface area contributed by atoms with Gasteiger partial charge in [0.05, 0.1) is 24.9 Å². The van der Waals surface area contributed by atoms with Crippen LogP contribution in [0.2, 0.25) is 0 Å². The molecule has 4 rings (SSSR count). The maximum atomic E-state index is 14.3. The van der Waals surface area contributed by atoms with Crippen molar-refractivity contribution < 1.29 is 23.1 Å². The van der Waals surface area contributed by atoms with Gasteiger partial charge in [-0.3, -0.25) is 4.79 Å². The number of amides is 1. The Balaban J connectivity index is 1.55. The molecule has 1 unspecified atom stereocenters. The molecule has 164 valence electrons. The monoisotopic (exact) mass is 436 g/mol. The summed E-state index contributed by atoms with van der Waals surface area (Å²) in [6.07, 6.45) is -0.0315. The lowest BCUT2D eigenvalue weighted by Gasteiger charge is -2.25. The zero-order valence-corrected chi connectivity index (χ0v) is 17.5. The van der Waals surface area contributed by atoms with E-state index in [9.17, 15) is 13.6 Å². The first-order chi connectivity index (χ1) is 15.6. The predicted octanol–water partition coefficient (Wildman–Crippen LogP) is 4.81. The number of methoxy groups -OCH3 is 1. The van der Waals surface area contributed by atoms with E-state index >= 15 is 0 Å². The maximum Gasteiger partial charge on any atom is 0.257 e. The van der Waals surface area contributed by atoms with Crippen LogP contribution in [0.15, 0.2) is 78.0 Å². The van der Waals surface area contributed by atoms with Gasteiger partial charge in [-0.05, 0) is 30.3 Å². The number of hydrogen-bond donors (Lipinski definition) is 0. The van der Waals surface area contributed by atoms with Crippen LogP contribution in [0.1, 0.15) is 27.9 Å². The summed E-state index contributed by atoms with van der Waals surface area (Å²) >= 11 is 0. The van der Waals surface area contributed by atoms with Crippen LogP contribution in [0.4, 0.5) is 8.78 Å². The number of oxime groups is 1. The maximum absolute atomic E-state index is 14.3. The van der Waals surface area contributed by atoms with E-state index in [-0.39, 0.29) is 18.7 Å². The Labute approximate surface area is 184 Å². The van der Waals surface area contributed by atoms with Gasteiger partial charge in [0.2, 0.25) is 0 Å². The van der Waals surface area contributed by atoms with Gasteiger partial charge in [-0.1, -0.05) is 47.6 Å². The number of benzene rings is 3. The summed E-state index contributed by atoms with van der Waals surface area (Å²) in [5.41, 5.74) is 1.75. The number of hydrogen-bond acceptors (Lipinski definition) is 4. The van der Waals surface area contributed by atoms with Crippen molar-refractivity contribution in [3.8, 4) is 5.75 Å². The highest BCUT2D eigenvalue weighted by atomic mass is 19.1. The van der Waals surface area contributed by atoms with Crippen molar-refractivity contribution in [1.29, 1.82) is 0 Å². The van der Waals surface area contributed by atoms with Crippen molar-refractivity contribution in [2.45, 2.75) is 19.1 Å². The van der Waals surface area contributed by atoms with Gasteiger partial charge in [-0.15, -0.1) is 0 Å². The number of rotatable bonds is 7. The third-order valence-corrected chi connectivity index (χ3v) is 5.29. The van der Waals surface area contributed by atoms with Crippen LogP contribution < -0.4 is 4.74 Å². The predicted molar refractivity (Wildman–Crippen MR) is 117 cm³/mol. The second-order valence-electron chi connectivity index (χ2n) is 7.43. The fourth-order valence-electron chi connectivity index (χ4n) is 3.67.